The van der Waals surface area contributed by atoms with E-state index >= 15 is 0 Å². The average molecular weight is 337 g/mol. The molecule has 1 aliphatic heterocycles. The van der Waals surface area contributed by atoms with Crippen LogP contribution in [0, 0.1) is 0 Å². The van der Waals surface area contributed by atoms with Crippen molar-refractivity contribution in [2.75, 3.05) is 46.2 Å². The molecule has 0 aromatic heterocycles. The average Bonchev–Trinajstić information content (AvgIpc) is 2.54. The standard InChI is InChI=1S/C17H27N3O2S/c1-17(2)13-20(9-11-23-17)16(18-3)19-8-10-22-15-7-5-6-14(12-15)21-4/h5-7,12H,8-11,13H2,1-4H3,(H,18,19). The Morgan fingerprint density at radius 2 is 2.17 bits per heavy atom. The number of benzene rings is 1. The molecular weight excluding hydrogens is 310 g/mol. The maximum Gasteiger partial charge on any atom is 0.193 e. The molecule has 128 valence electrons. The molecule has 1 aromatic carbocycles. The molecule has 23 heavy (non-hydrogen) atoms. The summed E-state index contributed by atoms with van der Waals surface area (Å²) in [5, 5.41) is 3.39. The van der Waals surface area contributed by atoms with Crippen LogP contribution in [0.3, 0.4) is 0 Å². The number of hydrogen-bond donors (Lipinski definition) is 1. The van der Waals surface area contributed by atoms with E-state index in [0.717, 1.165) is 36.3 Å². The SMILES string of the molecule is CN=C(NCCOc1cccc(OC)c1)N1CCSC(C)(C)C1. The molecule has 1 saturated heterocycles. The first-order chi connectivity index (χ1) is 11.0. The van der Waals surface area contributed by atoms with Crippen LogP contribution < -0.4 is 14.8 Å². The number of methoxy groups -OCH3 is 1. The summed E-state index contributed by atoms with van der Waals surface area (Å²) in [6, 6.07) is 7.65. The van der Waals surface area contributed by atoms with Gasteiger partial charge in [-0.3, -0.25) is 4.99 Å². The minimum absolute atomic E-state index is 0.271. The van der Waals surface area contributed by atoms with E-state index in [0.29, 0.717) is 13.2 Å². The molecule has 6 heteroatoms. The molecule has 0 radical (unpaired) electrons. The minimum Gasteiger partial charge on any atom is -0.497 e. The fourth-order valence-electron chi connectivity index (χ4n) is 2.55. The first kappa shape index (κ1) is 17.8. The van der Waals surface area contributed by atoms with Crippen LogP contribution in [-0.4, -0.2) is 61.8 Å². The van der Waals surface area contributed by atoms with Gasteiger partial charge in [0.05, 0.1) is 13.7 Å². The Hall–Kier alpha value is -1.56. The highest BCUT2D eigenvalue weighted by Crippen LogP contribution is 2.29. The summed E-state index contributed by atoms with van der Waals surface area (Å²) in [5.41, 5.74) is 0. The van der Waals surface area contributed by atoms with Crippen LogP contribution in [0.25, 0.3) is 0 Å². The van der Waals surface area contributed by atoms with Gasteiger partial charge in [0.15, 0.2) is 5.96 Å². The Bertz CT molecular complexity index is 534. The molecule has 0 atom stereocenters. The van der Waals surface area contributed by atoms with Crippen molar-refractivity contribution in [1.82, 2.24) is 10.2 Å². The smallest absolute Gasteiger partial charge is 0.193 e. The number of hydrogen-bond acceptors (Lipinski definition) is 4. The Balaban J connectivity index is 1.77. The fourth-order valence-corrected chi connectivity index (χ4v) is 3.66. The van der Waals surface area contributed by atoms with E-state index < -0.39 is 0 Å². The van der Waals surface area contributed by atoms with Gasteiger partial charge in [-0.1, -0.05) is 6.07 Å². The van der Waals surface area contributed by atoms with E-state index in [9.17, 15) is 0 Å². The summed E-state index contributed by atoms with van der Waals surface area (Å²) in [6.07, 6.45) is 0. The second-order valence-corrected chi connectivity index (χ2v) is 7.83. The van der Waals surface area contributed by atoms with Gasteiger partial charge >= 0.3 is 0 Å². The van der Waals surface area contributed by atoms with E-state index in [1.807, 2.05) is 43.1 Å². The first-order valence-electron chi connectivity index (χ1n) is 7.90. The molecule has 1 N–H and O–H groups in total. The lowest BCUT2D eigenvalue weighted by atomic mass is 10.2. The lowest BCUT2D eigenvalue weighted by Gasteiger charge is -2.39. The number of aliphatic imine (C=N–C) groups is 1. The van der Waals surface area contributed by atoms with Gasteiger partial charge in [-0.2, -0.15) is 11.8 Å². The van der Waals surface area contributed by atoms with Crippen molar-refractivity contribution in [2.45, 2.75) is 18.6 Å². The predicted octanol–water partition coefficient (Wildman–Crippen LogP) is 2.48. The van der Waals surface area contributed by atoms with E-state index in [4.69, 9.17) is 9.47 Å². The van der Waals surface area contributed by atoms with Gasteiger partial charge in [0.1, 0.15) is 18.1 Å². The number of nitrogens with zero attached hydrogens (tertiary/aromatic N) is 2. The molecule has 0 saturated carbocycles. The third-order valence-corrected chi connectivity index (χ3v) is 4.93. The number of rotatable bonds is 5. The van der Waals surface area contributed by atoms with Crippen LogP contribution in [0.1, 0.15) is 13.8 Å². The zero-order valence-electron chi connectivity index (χ0n) is 14.5. The van der Waals surface area contributed by atoms with Gasteiger partial charge in [-0.15, -0.1) is 0 Å². The van der Waals surface area contributed by atoms with Crippen molar-refractivity contribution in [3.63, 3.8) is 0 Å². The van der Waals surface area contributed by atoms with Gasteiger partial charge in [0.2, 0.25) is 0 Å². The van der Waals surface area contributed by atoms with Crippen molar-refractivity contribution in [2.24, 2.45) is 4.99 Å². The highest BCUT2D eigenvalue weighted by Gasteiger charge is 2.28. The lowest BCUT2D eigenvalue weighted by molar-refractivity contribution is 0.313. The Kier molecular flexibility index (Phi) is 6.45. The maximum absolute atomic E-state index is 5.75. The van der Waals surface area contributed by atoms with Crippen LogP contribution in [0.15, 0.2) is 29.3 Å². The lowest BCUT2D eigenvalue weighted by Crippen LogP contribution is -2.51. The second kappa shape index (κ2) is 8.34. The molecule has 2 rings (SSSR count). The van der Waals surface area contributed by atoms with Gasteiger partial charge < -0.3 is 19.7 Å². The normalized spacial score (nSPS) is 17.7. The van der Waals surface area contributed by atoms with Gasteiger partial charge in [0, 0.05) is 36.7 Å². The van der Waals surface area contributed by atoms with Crippen LogP contribution in [0.5, 0.6) is 11.5 Å². The summed E-state index contributed by atoms with van der Waals surface area (Å²) in [7, 11) is 3.49. The molecule has 0 amide bonds. The fraction of sp³-hybridized carbons (Fsp3) is 0.588. The van der Waals surface area contributed by atoms with Crippen molar-refractivity contribution in [3.8, 4) is 11.5 Å². The molecule has 5 nitrogen and oxygen atoms in total. The quantitative estimate of drug-likeness (QED) is 0.508. The van der Waals surface area contributed by atoms with Crippen molar-refractivity contribution in [3.05, 3.63) is 24.3 Å². The van der Waals surface area contributed by atoms with Gasteiger partial charge in [-0.25, -0.2) is 0 Å². The minimum atomic E-state index is 0.271. The largest absolute Gasteiger partial charge is 0.497 e. The molecule has 1 aliphatic rings. The van der Waals surface area contributed by atoms with E-state index in [1.165, 1.54) is 0 Å². The predicted molar refractivity (Wildman–Crippen MR) is 98.0 cm³/mol. The second-order valence-electron chi connectivity index (χ2n) is 6.03. The van der Waals surface area contributed by atoms with Crippen molar-refractivity contribution < 1.29 is 9.47 Å². The molecule has 0 bridgehead atoms. The van der Waals surface area contributed by atoms with Crippen molar-refractivity contribution >= 4 is 17.7 Å². The molecule has 0 unspecified atom stereocenters. The topological polar surface area (TPSA) is 46.1 Å². The maximum atomic E-state index is 5.75. The molecule has 1 heterocycles. The molecule has 1 fully saturated rings. The van der Waals surface area contributed by atoms with Gasteiger partial charge in [-0.05, 0) is 26.0 Å². The molecular formula is C17H27N3O2S. The summed E-state index contributed by atoms with van der Waals surface area (Å²) in [4.78, 5) is 6.72. The third kappa shape index (κ3) is 5.53. The van der Waals surface area contributed by atoms with Crippen LogP contribution in [0.2, 0.25) is 0 Å². The number of guanidine groups is 1. The number of ether oxygens (including phenoxy) is 2. The highest BCUT2D eigenvalue weighted by molar-refractivity contribution is 8.00. The Labute approximate surface area is 143 Å². The first-order valence-corrected chi connectivity index (χ1v) is 8.89. The monoisotopic (exact) mass is 337 g/mol. The zero-order chi connectivity index (χ0) is 16.7. The third-order valence-electron chi connectivity index (χ3n) is 3.63. The summed E-state index contributed by atoms with van der Waals surface area (Å²) < 4.78 is 11.2. The summed E-state index contributed by atoms with van der Waals surface area (Å²) in [5.74, 6) is 3.71. The number of nitrogens with one attached hydrogen (secondary N) is 1. The molecule has 0 aliphatic carbocycles. The summed E-state index contributed by atoms with van der Waals surface area (Å²) >= 11 is 2.02. The number of thioether (sulfide) groups is 1. The van der Waals surface area contributed by atoms with E-state index in [1.54, 1.807) is 7.11 Å². The Morgan fingerprint density at radius 3 is 2.87 bits per heavy atom. The van der Waals surface area contributed by atoms with Crippen LogP contribution in [-0.2, 0) is 0 Å². The summed E-state index contributed by atoms with van der Waals surface area (Å²) in [6.45, 7) is 7.90. The van der Waals surface area contributed by atoms with E-state index in [2.05, 4.69) is 29.1 Å². The van der Waals surface area contributed by atoms with Crippen LogP contribution in [0.4, 0.5) is 0 Å². The zero-order valence-corrected chi connectivity index (χ0v) is 15.3. The van der Waals surface area contributed by atoms with Crippen LogP contribution >= 0.6 is 11.8 Å². The Morgan fingerprint density at radius 1 is 1.39 bits per heavy atom. The van der Waals surface area contributed by atoms with Crippen molar-refractivity contribution in [1.29, 1.82) is 0 Å². The molecule has 0 spiro atoms. The molecule has 1 aromatic rings. The highest BCUT2D eigenvalue weighted by atomic mass is 32.2. The van der Waals surface area contributed by atoms with Gasteiger partial charge in [0.25, 0.3) is 0 Å². The van der Waals surface area contributed by atoms with E-state index in [-0.39, 0.29) is 4.75 Å².